The normalized spacial score (nSPS) is 12.0. The number of nitrogens with zero attached hydrogens (tertiary/aromatic N) is 4. The van der Waals surface area contributed by atoms with Gasteiger partial charge in [-0.3, -0.25) is 13.9 Å². The van der Waals surface area contributed by atoms with Crippen LogP contribution in [0.15, 0.2) is 147 Å². The minimum absolute atomic E-state index is 0.153. The summed E-state index contributed by atoms with van der Waals surface area (Å²) >= 11 is 0. The first-order chi connectivity index (χ1) is 23.7. The molecule has 0 radical (unpaired) electrons. The maximum atomic E-state index is 13.7. The van der Waals surface area contributed by atoms with Crippen molar-refractivity contribution >= 4 is 61.0 Å². The number of para-hydroxylation sites is 1. The molecule has 0 amide bonds. The molecule has 0 aliphatic rings. The Hall–Kier alpha value is -6.43. The van der Waals surface area contributed by atoms with E-state index in [0.717, 1.165) is 16.7 Å². The fraction of sp³-hybridized carbons (Fsp3) is 0. The summed E-state index contributed by atoms with van der Waals surface area (Å²) in [6.45, 7) is 0. The maximum Gasteiger partial charge on any atom is 0.296 e. The molecule has 11 heteroatoms. The van der Waals surface area contributed by atoms with E-state index in [0.29, 0.717) is 44.6 Å². The van der Waals surface area contributed by atoms with Crippen molar-refractivity contribution in [3.63, 3.8) is 0 Å². The smallest absolute Gasteiger partial charge is 0.296 e. The number of azo groups is 1. The van der Waals surface area contributed by atoms with Crippen molar-refractivity contribution in [2.75, 3.05) is 5.73 Å². The van der Waals surface area contributed by atoms with E-state index in [1.807, 2.05) is 84.9 Å². The van der Waals surface area contributed by atoms with E-state index in [1.165, 1.54) is 18.2 Å². The third kappa shape index (κ3) is 6.31. The van der Waals surface area contributed by atoms with Gasteiger partial charge in [-0.1, -0.05) is 78.9 Å². The van der Waals surface area contributed by atoms with Gasteiger partial charge in [0.1, 0.15) is 16.4 Å². The molecule has 6 aromatic carbocycles. The Balaban J connectivity index is 1.14. The van der Waals surface area contributed by atoms with Gasteiger partial charge in [0, 0.05) is 16.6 Å². The van der Waals surface area contributed by atoms with E-state index in [4.69, 9.17) is 10.7 Å². The van der Waals surface area contributed by atoms with Crippen LogP contribution >= 0.6 is 0 Å². The highest BCUT2D eigenvalue weighted by molar-refractivity contribution is 7.86. The number of benzene rings is 6. The maximum absolute atomic E-state index is 13.7. The van der Waals surface area contributed by atoms with E-state index >= 15 is 0 Å². The quantitative estimate of drug-likeness (QED) is 0.0668. The first-order valence-electron chi connectivity index (χ1n) is 15.1. The topological polar surface area (TPSA) is 160 Å². The van der Waals surface area contributed by atoms with Crippen LogP contribution in [0.5, 0.6) is 5.75 Å². The van der Waals surface area contributed by atoms with Crippen LogP contribution in [0, 0.1) is 0 Å². The Labute approximate surface area is 280 Å². The fourth-order valence-corrected chi connectivity index (χ4v) is 6.16. The van der Waals surface area contributed by atoms with E-state index in [2.05, 4.69) is 10.2 Å². The van der Waals surface area contributed by atoms with Crippen LogP contribution in [0.1, 0.15) is 11.1 Å². The SMILES string of the molecule is Nc1ccc2c(O)c(N=Nc3ccc(C=Cc4ccc(-n5c(-c6ccccc6)nc6ccccc6c5=O)cc4)cc3)c(S(=O)(=O)O)cc2c1. The van der Waals surface area contributed by atoms with Crippen LogP contribution in [0.2, 0.25) is 0 Å². The van der Waals surface area contributed by atoms with Crippen LogP contribution in [0.4, 0.5) is 17.1 Å². The van der Waals surface area contributed by atoms with E-state index in [1.54, 1.807) is 41.0 Å². The van der Waals surface area contributed by atoms with Crippen LogP contribution in [-0.2, 0) is 10.1 Å². The number of anilines is 1. The molecule has 0 bridgehead atoms. The standard InChI is InChI=1S/C38H27N5O5S/c39-28-16-21-31-27(22-28)23-34(49(46,47)48)35(36(31)44)42-41-29-17-12-24(13-18-29)10-11-25-14-19-30(20-15-25)43-37(26-6-2-1-3-7-26)40-33-9-5-4-8-32(33)38(43)45/h1-23,44H,39H2,(H,46,47,48). The Morgan fingerprint density at radius 3 is 2.08 bits per heavy atom. The summed E-state index contributed by atoms with van der Waals surface area (Å²) in [7, 11) is -4.73. The van der Waals surface area contributed by atoms with Crippen LogP contribution < -0.4 is 11.3 Å². The summed E-state index contributed by atoms with van der Waals surface area (Å²) in [6, 6.07) is 37.2. The van der Waals surface area contributed by atoms with Gasteiger partial charge < -0.3 is 10.8 Å². The van der Waals surface area contributed by atoms with Crippen molar-refractivity contribution < 1.29 is 18.1 Å². The van der Waals surface area contributed by atoms with Gasteiger partial charge in [0.05, 0.1) is 22.3 Å². The molecular formula is C38H27N5O5S. The van der Waals surface area contributed by atoms with Gasteiger partial charge in [0.15, 0.2) is 5.75 Å². The molecule has 0 spiro atoms. The van der Waals surface area contributed by atoms with Crippen LogP contribution in [0.25, 0.3) is 50.9 Å². The second-order valence-electron chi connectivity index (χ2n) is 11.2. The van der Waals surface area contributed by atoms with Gasteiger partial charge >= 0.3 is 0 Å². The van der Waals surface area contributed by atoms with Crippen molar-refractivity contribution in [3.8, 4) is 22.8 Å². The lowest BCUT2D eigenvalue weighted by molar-refractivity contribution is 0.472. The molecule has 1 aromatic heterocycles. The minimum atomic E-state index is -4.73. The number of hydrogen-bond acceptors (Lipinski definition) is 8. The molecule has 240 valence electrons. The second-order valence-corrected chi connectivity index (χ2v) is 12.6. The van der Waals surface area contributed by atoms with Crippen LogP contribution in [-0.4, -0.2) is 27.6 Å². The molecule has 0 fully saturated rings. The molecule has 10 nitrogen and oxygen atoms in total. The highest BCUT2D eigenvalue weighted by atomic mass is 32.2. The zero-order chi connectivity index (χ0) is 34.1. The van der Waals surface area contributed by atoms with Gasteiger partial charge in [-0.25, -0.2) is 4.98 Å². The summed E-state index contributed by atoms with van der Waals surface area (Å²) < 4.78 is 35.6. The summed E-state index contributed by atoms with van der Waals surface area (Å²) in [5, 5.41) is 20.0. The Morgan fingerprint density at radius 2 is 1.39 bits per heavy atom. The van der Waals surface area contributed by atoms with E-state index in [9.17, 15) is 22.9 Å². The molecule has 0 aliphatic carbocycles. The van der Waals surface area contributed by atoms with E-state index < -0.39 is 20.8 Å². The molecule has 0 atom stereocenters. The lowest BCUT2D eigenvalue weighted by atomic mass is 10.1. The number of fused-ring (bicyclic) bond motifs is 2. The Bertz CT molecular complexity index is 2600. The zero-order valence-corrected chi connectivity index (χ0v) is 26.5. The second kappa shape index (κ2) is 12.6. The van der Waals surface area contributed by atoms with Crippen molar-refractivity contribution in [1.29, 1.82) is 0 Å². The number of nitrogen functional groups attached to an aromatic ring is 1. The highest BCUT2D eigenvalue weighted by Gasteiger charge is 2.22. The van der Waals surface area contributed by atoms with Crippen molar-refractivity contribution in [2.24, 2.45) is 10.2 Å². The predicted octanol–water partition coefficient (Wildman–Crippen LogP) is 8.33. The number of rotatable bonds is 7. The first-order valence-corrected chi connectivity index (χ1v) is 16.5. The molecule has 0 unspecified atom stereocenters. The number of nitrogens with two attached hydrogens (primary N) is 1. The highest BCUT2D eigenvalue weighted by Crippen LogP contribution is 2.41. The number of aromatic nitrogens is 2. The lowest BCUT2D eigenvalue weighted by Crippen LogP contribution is -2.21. The number of phenolic OH excluding ortho intramolecular Hbond substituents is 1. The molecule has 4 N–H and O–H groups in total. The van der Waals surface area contributed by atoms with Gasteiger partial charge in [-0.2, -0.15) is 13.5 Å². The van der Waals surface area contributed by atoms with E-state index in [-0.39, 0.29) is 11.2 Å². The third-order valence-electron chi connectivity index (χ3n) is 7.94. The fourth-order valence-electron chi connectivity index (χ4n) is 5.50. The minimum Gasteiger partial charge on any atom is -0.505 e. The van der Waals surface area contributed by atoms with Gasteiger partial charge in [-0.05, 0) is 77.2 Å². The number of aromatic hydroxyl groups is 1. The van der Waals surface area contributed by atoms with Gasteiger partial charge in [-0.15, -0.1) is 5.11 Å². The largest absolute Gasteiger partial charge is 0.505 e. The molecule has 0 saturated heterocycles. The summed E-state index contributed by atoms with van der Waals surface area (Å²) in [6.07, 6.45) is 3.84. The van der Waals surface area contributed by atoms with Crippen molar-refractivity contribution in [2.45, 2.75) is 4.90 Å². The summed E-state index contributed by atoms with van der Waals surface area (Å²) in [5.74, 6) is 0.109. The monoisotopic (exact) mass is 665 g/mol. The average Bonchev–Trinajstić information content (AvgIpc) is 3.11. The van der Waals surface area contributed by atoms with Gasteiger partial charge in [0.2, 0.25) is 0 Å². The third-order valence-corrected chi connectivity index (χ3v) is 8.81. The molecule has 7 rings (SSSR count). The zero-order valence-electron chi connectivity index (χ0n) is 25.7. The van der Waals surface area contributed by atoms with Crippen molar-refractivity contribution in [1.82, 2.24) is 9.55 Å². The molecule has 7 aromatic rings. The van der Waals surface area contributed by atoms with Gasteiger partial charge in [0.25, 0.3) is 15.7 Å². The Morgan fingerprint density at radius 1 is 0.735 bits per heavy atom. The predicted molar refractivity (Wildman–Crippen MR) is 192 cm³/mol. The summed E-state index contributed by atoms with van der Waals surface area (Å²) in [5.41, 5.74) is 9.92. The molecule has 0 saturated carbocycles. The molecule has 49 heavy (non-hydrogen) atoms. The molecule has 0 aliphatic heterocycles. The summed E-state index contributed by atoms with van der Waals surface area (Å²) in [4.78, 5) is 17.9. The average molecular weight is 666 g/mol. The van der Waals surface area contributed by atoms with Crippen LogP contribution in [0.3, 0.4) is 0 Å². The number of hydrogen-bond donors (Lipinski definition) is 3. The van der Waals surface area contributed by atoms with Crippen molar-refractivity contribution in [3.05, 3.63) is 149 Å². The lowest BCUT2D eigenvalue weighted by Gasteiger charge is -2.14. The first kappa shape index (κ1) is 31.2. The molecular weight excluding hydrogens is 639 g/mol. The number of phenols is 1. The Kier molecular flexibility index (Phi) is 8.04. The molecule has 1 heterocycles.